The molecule has 0 aliphatic carbocycles. The zero-order valence-corrected chi connectivity index (χ0v) is 19.3. The quantitative estimate of drug-likeness (QED) is 0.382. The molecule has 0 fully saturated rings. The highest BCUT2D eigenvalue weighted by atomic mass is 35.5. The first-order chi connectivity index (χ1) is 16.6. The maximum atomic E-state index is 13.4. The highest BCUT2D eigenvalue weighted by Crippen LogP contribution is 2.40. The minimum atomic E-state index is -0.431. The van der Waals surface area contributed by atoms with E-state index in [1.165, 1.54) is 0 Å². The van der Waals surface area contributed by atoms with E-state index in [0.717, 1.165) is 27.7 Å². The number of nitrogens with zero attached hydrogens (tertiary/aromatic N) is 1. The number of benzene rings is 3. The number of carbonyl (C=O) groups is 1. The lowest BCUT2D eigenvalue weighted by atomic mass is 9.92. The minimum Gasteiger partial charge on any atom is -0.497 e. The molecule has 0 saturated heterocycles. The smallest absolute Gasteiger partial charge is 0.416 e. The summed E-state index contributed by atoms with van der Waals surface area (Å²) in [6.07, 6.45) is 0.248. The lowest BCUT2D eigenvalue weighted by Crippen LogP contribution is -2.42. The van der Waals surface area contributed by atoms with E-state index in [-0.39, 0.29) is 12.8 Å². The Bertz CT molecular complexity index is 1320. The number of aromatic amines is 1. The average molecular weight is 478 g/mol. The Morgan fingerprint density at radius 2 is 1.76 bits per heavy atom. The van der Waals surface area contributed by atoms with Gasteiger partial charge in [-0.15, -0.1) is 0 Å². The lowest BCUT2D eigenvalue weighted by molar-refractivity contribution is 0.135. The number of ether oxygens (including phenoxy) is 3. The molecule has 174 valence electrons. The van der Waals surface area contributed by atoms with Crippen molar-refractivity contribution in [2.24, 2.45) is 5.73 Å². The zero-order chi connectivity index (χ0) is 23.7. The van der Waals surface area contributed by atoms with Crippen molar-refractivity contribution >= 4 is 28.6 Å². The van der Waals surface area contributed by atoms with Crippen molar-refractivity contribution < 1.29 is 19.0 Å². The van der Waals surface area contributed by atoms with Crippen LogP contribution in [0.5, 0.6) is 17.2 Å². The molecule has 1 amide bonds. The molecule has 0 saturated carbocycles. The van der Waals surface area contributed by atoms with Gasteiger partial charge in [0.15, 0.2) is 0 Å². The molecule has 0 bridgehead atoms. The molecular weight excluding hydrogens is 454 g/mol. The van der Waals surface area contributed by atoms with Gasteiger partial charge in [-0.3, -0.25) is 10.6 Å². The number of amides is 1. The molecule has 0 radical (unpaired) electrons. The molecule has 1 aliphatic heterocycles. The topological polar surface area (TPSA) is 89.8 Å². The Morgan fingerprint density at radius 1 is 1.06 bits per heavy atom. The molecule has 8 heteroatoms. The van der Waals surface area contributed by atoms with Crippen molar-refractivity contribution in [3.63, 3.8) is 0 Å². The monoisotopic (exact) mass is 477 g/mol. The van der Waals surface area contributed by atoms with Crippen LogP contribution >= 0.6 is 11.6 Å². The van der Waals surface area contributed by atoms with Crippen LogP contribution in [0.3, 0.4) is 0 Å². The predicted octanol–water partition coefficient (Wildman–Crippen LogP) is 5.27. The third-order valence-corrected chi connectivity index (χ3v) is 6.27. The Labute approximate surface area is 202 Å². The van der Waals surface area contributed by atoms with Crippen molar-refractivity contribution in [3.05, 3.63) is 88.6 Å². The van der Waals surface area contributed by atoms with Crippen LogP contribution in [0.1, 0.15) is 22.9 Å². The van der Waals surface area contributed by atoms with Gasteiger partial charge in [0.25, 0.3) is 0 Å². The van der Waals surface area contributed by atoms with Gasteiger partial charge >= 0.3 is 6.09 Å². The maximum Gasteiger partial charge on any atom is 0.416 e. The van der Waals surface area contributed by atoms with Gasteiger partial charge in [-0.05, 0) is 72.1 Å². The summed E-state index contributed by atoms with van der Waals surface area (Å²) in [6, 6.07) is 19.9. The fourth-order valence-corrected chi connectivity index (χ4v) is 4.62. The van der Waals surface area contributed by atoms with Crippen LogP contribution in [0.25, 0.3) is 10.9 Å². The predicted molar refractivity (Wildman–Crippen MR) is 131 cm³/mol. The van der Waals surface area contributed by atoms with Gasteiger partial charge in [0.05, 0.1) is 7.11 Å². The number of nitrogens with one attached hydrogen (secondary N) is 1. The van der Waals surface area contributed by atoms with Gasteiger partial charge in [-0.1, -0.05) is 23.7 Å². The number of hydrogen-bond donors (Lipinski definition) is 2. The molecule has 5 rings (SSSR count). The van der Waals surface area contributed by atoms with Crippen LogP contribution in [0, 0.1) is 0 Å². The first-order valence-corrected chi connectivity index (χ1v) is 11.3. The van der Waals surface area contributed by atoms with E-state index in [9.17, 15) is 4.79 Å². The molecule has 7 nitrogen and oxygen atoms in total. The summed E-state index contributed by atoms with van der Waals surface area (Å²) < 4.78 is 16.3. The van der Waals surface area contributed by atoms with Crippen LogP contribution in [-0.4, -0.2) is 36.4 Å². The third kappa shape index (κ3) is 4.16. The van der Waals surface area contributed by atoms with Crippen LogP contribution in [0.4, 0.5) is 4.79 Å². The summed E-state index contributed by atoms with van der Waals surface area (Å²) in [5, 5.41) is 1.74. The normalized spacial score (nSPS) is 15.1. The Morgan fingerprint density at radius 3 is 2.47 bits per heavy atom. The number of aromatic nitrogens is 1. The number of halogens is 1. The number of nitrogens with two attached hydrogens (primary N) is 1. The van der Waals surface area contributed by atoms with Gasteiger partial charge in [-0.25, -0.2) is 4.79 Å². The van der Waals surface area contributed by atoms with E-state index in [2.05, 4.69) is 4.98 Å². The minimum absolute atomic E-state index is 0.0933. The van der Waals surface area contributed by atoms with E-state index in [0.29, 0.717) is 35.2 Å². The van der Waals surface area contributed by atoms with Crippen molar-refractivity contribution in [2.45, 2.75) is 12.5 Å². The van der Waals surface area contributed by atoms with Crippen LogP contribution in [0.15, 0.2) is 66.7 Å². The first kappa shape index (κ1) is 22.1. The van der Waals surface area contributed by atoms with Gasteiger partial charge in [0.1, 0.15) is 30.0 Å². The number of rotatable bonds is 5. The van der Waals surface area contributed by atoms with E-state index >= 15 is 0 Å². The lowest BCUT2D eigenvalue weighted by Gasteiger charge is -2.35. The average Bonchev–Trinajstić information content (AvgIpc) is 3.22. The highest BCUT2D eigenvalue weighted by molar-refractivity contribution is 6.31. The summed E-state index contributed by atoms with van der Waals surface area (Å²) in [6.45, 7) is 0.586. The number of hydrogen-bond acceptors (Lipinski definition) is 5. The molecule has 1 aliphatic rings. The second-order valence-electron chi connectivity index (χ2n) is 7.98. The van der Waals surface area contributed by atoms with Crippen LogP contribution < -0.4 is 19.9 Å². The van der Waals surface area contributed by atoms with Crippen LogP contribution in [-0.2, 0) is 6.42 Å². The van der Waals surface area contributed by atoms with Gasteiger partial charge in [-0.2, -0.15) is 0 Å². The third-order valence-electron chi connectivity index (χ3n) is 6.03. The molecule has 3 aromatic carbocycles. The van der Waals surface area contributed by atoms with Gasteiger partial charge < -0.3 is 19.2 Å². The summed E-state index contributed by atoms with van der Waals surface area (Å²) >= 11 is 6.28. The maximum absolute atomic E-state index is 13.4. The second kappa shape index (κ2) is 9.29. The molecule has 2 heterocycles. The van der Waals surface area contributed by atoms with Gasteiger partial charge in [0, 0.05) is 28.2 Å². The van der Waals surface area contributed by atoms with E-state index in [4.69, 9.17) is 31.5 Å². The standard InChI is InChI=1S/C26H24ClN3O4/c1-32-18-7-9-20(10-8-18)34-26(31)30-13-12-21-22-14-17(27)4-11-23(22)29-24(21)25(30)16-2-5-19(6-3-16)33-15-28/h2-11,14,25,29H,12-13,15,28H2,1H3. The molecule has 1 unspecified atom stereocenters. The SMILES string of the molecule is COc1ccc(OC(=O)N2CCc3c([nH]c4ccc(Cl)cc34)C2c2ccc(OCN)cc2)cc1. The molecule has 1 aromatic heterocycles. The summed E-state index contributed by atoms with van der Waals surface area (Å²) in [4.78, 5) is 18.6. The fourth-order valence-electron chi connectivity index (χ4n) is 4.45. The molecule has 1 atom stereocenters. The molecule has 3 N–H and O–H groups in total. The van der Waals surface area contributed by atoms with Crippen molar-refractivity contribution in [2.75, 3.05) is 20.4 Å². The Balaban J connectivity index is 1.53. The molecular formula is C26H24ClN3O4. The summed E-state index contributed by atoms with van der Waals surface area (Å²) in [7, 11) is 1.59. The van der Waals surface area contributed by atoms with Crippen molar-refractivity contribution in [3.8, 4) is 17.2 Å². The van der Waals surface area contributed by atoms with E-state index < -0.39 is 6.09 Å². The number of H-pyrrole nitrogens is 1. The van der Waals surface area contributed by atoms with E-state index in [1.807, 2.05) is 42.5 Å². The van der Waals surface area contributed by atoms with E-state index in [1.54, 1.807) is 36.3 Å². The van der Waals surface area contributed by atoms with Crippen molar-refractivity contribution in [1.29, 1.82) is 0 Å². The molecule has 34 heavy (non-hydrogen) atoms. The van der Waals surface area contributed by atoms with Crippen molar-refractivity contribution in [1.82, 2.24) is 9.88 Å². The fraction of sp³-hybridized carbons (Fsp3) is 0.192. The highest BCUT2D eigenvalue weighted by Gasteiger charge is 2.35. The zero-order valence-electron chi connectivity index (χ0n) is 18.6. The number of carbonyl (C=O) groups excluding carboxylic acids is 1. The number of methoxy groups -OCH3 is 1. The second-order valence-corrected chi connectivity index (χ2v) is 8.41. The Hall–Kier alpha value is -3.68. The Kier molecular flexibility index (Phi) is 6.04. The number of fused-ring (bicyclic) bond motifs is 3. The first-order valence-electron chi connectivity index (χ1n) is 10.9. The molecule has 4 aromatic rings. The summed E-state index contributed by atoms with van der Waals surface area (Å²) in [5.74, 6) is 1.81. The van der Waals surface area contributed by atoms with Crippen LogP contribution in [0.2, 0.25) is 5.02 Å². The summed E-state index contributed by atoms with van der Waals surface area (Å²) in [5.41, 5.74) is 9.50. The molecule has 0 spiro atoms. The largest absolute Gasteiger partial charge is 0.497 e. The van der Waals surface area contributed by atoms with Gasteiger partial charge in [0.2, 0.25) is 0 Å².